The van der Waals surface area contributed by atoms with Crippen molar-refractivity contribution in [3.63, 3.8) is 0 Å². The largest absolute Gasteiger partial charge is 0.454 e. The maximum Gasteiger partial charge on any atom is 0.306 e. The monoisotopic (exact) mass is 1040 g/mol. The van der Waals surface area contributed by atoms with Crippen LogP contribution in [-0.4, -0.2) is 99.6 Å². The molecule has 426 valence electrons. The number of carbonyl (C=O) groups is 2. The van der Waals surface area contributed by atoms with Gasteiger partial charge in [0.1, 0.15) is 24.4 Å². The smallest absolute Gasteiger partial charge is 0.306 e. The zero-order chi connectivity index (χ0) is 54.0. The fourth-order valence-corrected chi connectivity index (χ4v) is 8.83. The lowest BCUT2D eigenvalue weighted by Crippen LogP contribution is -2.61. The molecule has 1 rings (SSSR count). The Kier molecular flexibility index (Phi) is 47.1. The van der Waals surface area contributed by atoms with Gasteiger partial charge in [0, 0.05) is 6.42 Å². The molecule has 0 bridgehead atoms. The first-order valence-electron chi connectivity index (χ1n) is 29.9. The van der Waals surface area contributed by atoms with Crippen molar-refractivity contribution in [2.24, 2.45) is 0 Å². The van der Waals surface area contributed by atoms with Crippen molar-refractivity contribution in [2.45, 2.75) is 288 Å². The second-order valence-electron chi connectivity index (χ2n) is 20.4. The minimum absolute atomic E-state index is 0.105. The highest BCUT2D eigenvalue weighted by molar-refractivity contribution is 5.80. The molecule has 6 N–H and O–H groups in total. The van der Waals surface area contributed by atoms with Crippen molar-refractivity contribution < 1.29 is 49.3 Å². The van der Waals surface area contributed by atoms with Crippen LogP contribution in [0.2, 0.25) is 0 Å². The molecule has 0 aromatic rings. The highest BCUT2D eigenvalue weighted by Crippen LogP contribution is 2.26. The number of nitrogens with one attached hydrogen (secondary N) is 1. The summed E-state index contributed by atoms with van der Waals surface area (Å²) in [5.74, 6) is -1.22. The third-order valence-electron chi connectivity index (χ3n) is 13.6. The topological polar surface area (TPSA) is 175 Å². The first-order chi connectivity index (χ1) is 36.2. The lowest BCUT2D eigenvalue weighted by molar-refractivity contribution is -0.305. The van der Waals surface area contributed by atoms with Crippen LogP contribution in [-0.2, 0) is 23.8 Å². The van der Waals surface area contributed by atoms with E-state index in [9.17, 15) is 35.1 Å². The van der Waals surface area contributed by atoms with E-state index in [1.54, 1.807) is 6.08 Å². The van der Waals surface area contributed by atoms with Gasteiger partial charge in [0.25, 0.3) is 0 Å². The molecular weight excluding hydrogens is 931 g/mol. The van der Waals surface area contributed by atoms with E-state index in [0.717, 1.165) is 116 Å². The average Bonchev–Trinajstić information content (AvgIpc) is 3.40. The normalized spacial score (nSPS) is 19.9. The van der Waals surface area contributed by atoms with E-state index >= 15 is 0 Å². The number of rotatable bonds is 49. The molecule has 1 heterocycles. The number of hydrogen-bond donors (Lipinski definition) is 6. The fraction of sp³-hybridized carbons (Fsp3) is 0.746. The van der Waals surface area contributed by atoms with Crippen molar-refractivity contribution in [3.05, 3.63) is 85.1 Å². The fourth-order valence-electron chi connectivity index (χ4n) is 8.83. The molecule has 11 heteroatoms. The van der Waals surface area contributed by atoms with Crippen LogP contribution in [0.25, 0.3) is 0 Å². The van der Waals surface area contributed by atoms with Gasteiger partial charge in [-0.3, -0.25) is 9.59 Å². The average molecular weight is 1040 g/mol. The molecule has 11 nitrogen and oxygen atoms in total. The zero-order valence-corrected chi connectivity index (χ0v) is 46.9. The van der Waals surface area contributed by atoms with Gasteiger partial charge < -0.3 is 45.1 Å². The van der Waals surface area contributed by atoms with E-state index in [-0.39, 0.29) is 19.4 Å². The number of hydrogen-bond acceptors (Lipinski definition) is 10. The predicted molar refractivity (Wildman–Crippen MR) is 306 cm³/mol. The summed E-state index contributed by atoms with van der Waals surface area (Å²) in [6.45, 7) is 5.60. The number of esters is 1. The van der Waals surface area contributed by atoms with E-state index in [4.69, 9.17) is 14.2 Å². The number of allylic oxidation sites excluding steroid dienone is 13. The number of carbonyl (C=O) groups excluding carboxylic acids is 2. The summed E-state index contributed by atoms with van der Waals surface area (Å²) in [5.41, 5.74) is 0. The molecule has 8 unspecified atom stereocenters. The molecule has 0 saturated carbocycles. The van der Waals surface area contributed by atoms with E-state index < -0.39 is 67.4 Å². The van der Waals surface area contributed by atoms with E-state index in [2.05, 4.69) is 92.9 Å². The Morgan fingerprint density at radius 1 is 0.554 bits per heavy atom. The van der Waals surface area contributed by atoms with Crippen LogP contribution in [0.5, 0.6) is 0 Å². The molecule has 1 aliphatic rings. The molecule has 0 aliphatic carbocycles. The van der Waals surface area contributed by atoms with Gasteiger partial charge in [-0.1, -0.05) is 234 Å². The highest BCUT2D eigenvalue weighted by atomic mass is 16.7. The lowest BCUT2D eigenvalue weighted by atomic mass is 9.99. The van der Waals surface area contributed by atoms with Crippen molar-refractivity contribution in [2.75, 3.05) is 13.2 Å². The quantitative estimate of drug-likeness (QED) is 0.0149. The summed E-state index contributed by atoms with van der Waals surface area (Å²) >= 11 is 0. The molecule has 1 fully saturated rings. The second kappa shape index (κ2) is 50.6. The Labute approximate surface area is 451 Å². The lowest BCUT2D eigenvalue weighted by Gasteiger charge is -2.41. The summed E-state index contributed by atoms with van der Waals surface area (Å²) in [7, 11) is 0. The molecule has 0 spiro atoms. The maximum atomic E-state index is 13.4. The Morgan fingerprint density at radius 2 is 1.03 bits per heavy atom. The molecule has 8 atom stereocenters. The summed E-state index contributed by atoms with van der Waals surface area (Å²) in [4.78, 5) is 26.5. The van der Waals surface area contributed by atoms with Crippen molar-refractivity contribution >= 4 is 11.9 Å². The molecule has 74 heavy (non-hydrogen) atoms. The van der Waals surface area contributed by atoms with Gasteiger partial charge in [0.2, 0.25) is 5.91 Å². The van der Waals surface area contributed by atoms with Crippen LogP contribution >= 0.6 is 0 Å². The Hall–Kier alpha value is -3.16. The van der Waals surface area contributed by atoms with Crippen LogP contribution in [0.15, 0.2) is 85.1 Å². The number of amides is 1. The summed E-state index contributed by atoms with van der Waals surface area (Å²) < 4.78 is 17.6. The van der Waals surface area contributed by atoms with Crippen LogP contribution < -0.4 is 5.32 Å². The van der Waals surface area contributed by atoms with E-state index in [0.29, 0.717) is 12.8 Å². The molecule has 0 aromatic heterocycles. The van der Waals surface area contributed by atoms with Crippen LogP contribution in [0, 0.1) is 0 Å². The van der Waals surface area contributed by atoms with Crippen LogP contribution in [0.3, 0.4) is 0 Å². The van der Waals surface area contributed by atoms with E-state index in [1.165, 1.54) is 77.0 Å². The van der Waals surface area contributed by atoms with Gasteiger partial charge in [0.15, 0.2) is 12.4 Å². The van der Waals surface area contributed by atoms with Crippen molar-refractivity contribution in [1.82, 2.24) is 5.32 Å². The first kappa shape index (κ1) is 68.9. The van der Waals surface area contributed by atoms with Crippen LogP contribution in [0.1, 0.15) is 239 Å². The third kappa shape index (κ3) is 38.4. The number of ether oxygens (including phenoxy) is 3. The summed E-state index contributed by atoms with van der Waals surface area (Å²) in [6, 6.07) is -1.04. The Balaban J connectivity index is 2.73. The van der Waals surface area contributed by atoms with Gasteiger partial charge in [-0.05, 0) is 83.5 Å². The second-order valence-corrected chi connectivity index (χ2v) is 20.4. The minimum atomic E-state index is -1.62. The van der Waals surface area contributed by atoms with Gasteiger partial charge in [0.05, 0.1) is 25.4 Å². The number of aliphatic hydroxyl groups is 5. The Bertz CT molecular complexity index is 1520. The van der Waals surface area contributed by atoms with Gasteiger partial charge in [-0.15, -0.1) is 0 Å². The SMILES string of the molecule is CC/C=C/C=C/C=C/CCCCCCCCCC(=O)OC1C(OCC(NC(=O)C(O)CCCCCCC/C=C\C/C=C\C/C=C\CCCCC)C(O)/C=C/CCCCCCCCCCCC)OC(CO)C(O)C1O. The molecule has 0 aromatic carbocycles. The molecular formula is C63H109NO10. The third-order valence-corrected chi connectivity index (χ3v) is 13.6. The number of unbranched alkanes of at least 4 members (excludes halogenated alkanes) is 25. The number of aliphatic hydroxyl groups excluding tert-OH is 5. The Morgan fingerprint density at radius 3 is 1.59 bits per heavy atom. The highest BCUT2D eigenvalue weighted by Gasteiger charge is 2.47. The van der Waals surface area contributed by atoms with E-state index in [1.807, 2.05) is 12.2 Å². The molecule has 1 aliphatic heterocycles. The van der Waals surface area contributed by atoms with Crippen molar-refractivity contribution in [3.8, 4) is 0 Å². The summed E-state index contributed by atoms with van der Waals surface area (Å²) in [6.07, 6.45) is 54.7. The maximum absolute atomic E-state index is 13.4. The molecule has 1 saturated heterocycles. The van der Waals surface area contributed by atoms with Gasteiger partial charge in [-0.25, -0.2) is 0 Å². The minimum Gasteiger partial charge on any atom is -0.454 e. The predicted octanol–water partition coefficient (Wildman–Crippen LogP) is 13.8. The van der Waals surface area contributed by atoms with Gasteiger partial charge in [-0.2, -0.15) is 0 Å². The zero-order valence-electron chi connectivity index (χ0n) is 46.9. The van der Waals surface area contributed by atoms with Crippen LogP contribution in [0.4, 0.5) is 0 Å². The first-order valence-corrected chi connectivity index (χ1v) is 29.9. The van der Waals surface area contributed by atoms with Gasteiger partial charge >= 0.3 is 5.97 Å². The molecule has 1 amide bonds. The standard InChI is InChI=1S/C63H109NO10/c1-4-7-10-13-16-19-22-25-27-28-29-31-32-35-38-41-44-47-50-56(67)62(71)64-54(55(66)49-46-43-40-37-34-24-21-18-15-12-9-6-3)53-72-63-61(60(70)59(69)57(52-65)73-63)74-58(68)51-48-45-42-39-36-33-30-26-23-20-17-14-11-8-5-2/h8,11,14,16-17,19-20,23,25,27,29,31,46,49,54-57,59-61,63,65-67,69-70H,4-7,9-10,12-13,15,18,21-22,24,26,28,30,32-45,47-48,50-53H2,1-3H3,(H,64,71)/b11-8+,17-14+,19-16-,23-20+,27-25-,31-29-,49-46+. The van der Waals surface area contributed by atoms with Crippen molar-refractivity contribution in [1.29, 1.82) is 0 Å². The summed E-state index contributed by atoms with van der Waals surface area (Å²) in [5, 5.41) is 56.9. The molecule has 0 radical (unpaired) electrons.